The van der Waals surface area contributed by atoms with Crippen molar-refractivity contribution in [2.45, 2.75) is 33.2 Å². The van der Waals surface area contributed by atoms with Crippen LogP contribution in [0, 0.1) is 6.92 Å². The molecular formula is C14H19N3S. The predicted molar refractivity (Wildman–Crippen MR) is 76.7 cm³/mol. The van der Waals surface area contributed by atoms with Crippen LogP contribution in [-0.2, 0) is 6.54 Å². The Morgan fingerprint density at radius 1 is 1.39 bits per heavy atom. The third-order valence-electron chi connectivity index (χ3n) is 2.79. The minimum atomic E-state index is 0.920. The molecule has 0 radical (unpaired) electrons. The fourth-order valence-electron chi connectivity index (χ4n) is 1.71. The van der Waals surface area contributed by atoms with Gasteiger partial charge in [0.2, 0.25) is 0 Å². The fraction of sp³-hybridized carbons (Fsp3) is 0.429. The van der Waals surface area contributed by atoms with Gasteiger partial charge in [-0.25, -0.2) is 4.98 Å². The summed E-state index contributed by atoms with van der Waals surface area (Å²) in [6, 6.07) is 4.00. The highest BCUT2D eigenvalue weighted by Gasteiger charge is 2.08. The number of aryl methyl sites for hydroxylation is 1. The molecule has 0 bridgehead atoms. The molecular weight excluding hydrogens is 242 g/mol. The van der Waals surface area contributed by atoms with Crippen LogP contribution >= 0.6 is 11.3 Å². The van der Waals surface area contributed by atoms with Gasteiger partial charge in [0.25, 0.3) is 0 Å². The lowest BCUT2D eigenvalue weighted by Crippen LogP contribution is -2.14. The monoisotopic (exact) mass is 261 g/mol. The normalized spacial score (nSPS) is 10.8. The highest BCUT2D eigenvalue weighted by molar-refractivity contribution is 7.15. The Morgan fingerprint density at radius 3 is 3.00 bits per heavy atom. The number of nitrogens with one attached hydrogen (secondary N) is 1. The van der Waals surface area contributed by atoms with Gasteiger partial charge < -0.3 is 5.32 Å². The van der Waals surface area contributed by atoms with E-state index in [9.17, 15) is 0 Å². The Morgan fingerprint density at radius 2 is 2.28 bits per heavy atom. The first-order valence-electron chi connectivity index (χ1n) is 6.38. The third kappa shape index (κ3) is 3.37. The molecule has 0 unspecified atom stereocenters. The van der Waals surface area contributed by atoms with Crippen LogP contribution in [0.3, 0.4) is 0 Å². The molecule has 0 amide bonds. The molecule has 4 heteroatoms. The quantitative estimate of drug-likeness (QED) is 0.810. The molecule has 2 heterocycles. The molecule has 0 atom stereocenters. The molecule has 2 rings (SSSR count). The number of unbranched alkanes of at least 4 members (excludes halogenated alkanes) is 1. The van der Waals surface area contributed by atoms with Gasteiger partial charge in [0.05, 0.1) is 5.69 Å². The van der Waals surface area contributed by atoms with E-state index in [2.05, 4.69) is 35.2 Å². The Kier molecular flexibility index (Phi) is 4.84. The minimum Gasteiger partial charge on any atom is -0.312 e. The zero-order valence-corrected chi connectivity index (χ0v) is 11.8. The number of aromatic nitrogens is 2. The summed E-state index contributed by atoms with van der Waals surface area (Å²) in [5.74, 6) is 0. The van der Waals surface area contributed by atoms with Crippen LogP contribution in [0.4, 0.5) is 0 Å². The van der Waals surface area contributed by atoms with Crippen molar-refractivity contribution in [1.82, 2.24) is 15.3 Å². The van der Waals surface area contributed by atoms with Crippen molar-refractivity contribution in [3.05, 3.63) is 35.1 Å². The number of nitrogens with zero attached hydrogens (tertiary/aromatic N) is 2. The lowest BCUT2D eigenvalue weighted by molar-refractivity contribution is 0.644. The van der Waals surface area contributed by atoms with Gasteiger partial charge >= 0.3 is 0 Å². The molecule has 1 N–H and O–H groups in total. The molecule has 0 saturated carbocycles. The van der Waals surface area contributed by atoms with E-state index in [1.54, 1.807) is 17.5 Å². The van der Waals surface area contributed by atoms with Crippen LogP contribution in [0.25, 0.3) is 10.6 Å². The van der Waals surface area contributed by atoms with Gasteiger partial charge in [0.1, 0.15) is 5.01 Å². The molecule has 0 spiro atoms. The van der Waals surface area contributed by atoms with Gasteiger partial charge in [-0.15, -0.1) is 11.3 Å². The number of pyridine rings is 1. The number of rotatable bonds is 6. The topological polar surface area (TPSA) is 37.8 Å². The van der Waals surface area contributed by atoms with E-state index in [1.807, 2.05) is 12.3 Å². The van der Waals surface area contributed by atoms with Crippen LogP contribution in [-0.4, -0.2) is 16.5 Å². The smallest absolute Gasteiger partial charge is 0.125 e. The molecule has 0 aliphatic rings. The van der Waals surface area contributed by atoms with Gasteiger partial charge in [0, 0.05) is 29.4 Å². The molecule has 0 saturated heterocycles. The van der Waals surface area contributed by atoms with Crippen molar-refractivity contribution in [3.63, 3.8) is 0 Å². The number of hydrogen-bond acceptors (Lipinski definition) is 4. The molecule has 0 aromatic carbocycles. The number of thiazole rings is 1. The summed E-state index contributed by atoms with van der Waals surface area (Å²) in [5.41, 5.74) is 2.23. The summed E-state index contributed by atoms with van der Waals surface area (Å²) in [6.07, 6.45) is 6.12. The number of hydrogen-bond donors (Lipinski definition) is 1. The molecule has 96 valence electrons. The van der Waals surface area contributed by atoms with Crippen molar-refractivity contribution in [2.75, 3.05) is 6.54 Å². The highest BCUT2D eigenvalue weighted by Crippen LogP contribution is 2.27. The van der Waals surface area contributed by atoms with Crippen LogP contribution in [0.5, 0.6) is 0 Å². The van der Waals surface area contributed by atoms with Crippen LogP contribution in [0.15, 0.2) is 24.5 Å². The Balaban J connectivity index is 2.03. The average Bonchev–Trinajstić information content (AvgIpc) is 2.77. The first-order valence-corrected chi connectivity index (χ1v) is 7.20. The highest BCUT2D eigenvalue weighted by atomic mass is 32.1. The molecule has 0 aliphatic carbocycles. The van der Waals surface area contributed by atoms with Gasteiger partial charge in [-0.2, -0.15) is 0 Å². The summed E-state index contributed by atoms with van der Waals surface area (Å²) in [4.78, 5) is 10.1. The second-order valence-electron chi connectivity index (χ2n) is 4.30. The van der Waals surface area contributed by atoms with Crippen LogP contribution in [0.1, 0.15) is 30.3 Å². The summed E-state index contributed by atoms with van der Waals surface area (Å²) >= 11 is 1.76. The maximum Gasteiger partial charge on any atom is 0.125 e. The first kappa shape index (κ1) is 13.2. The maximum absolute atomic E-state index is 4.62. The Bertz CT molecular complexity index is 479. The van der Waals surface area contributed by atoms with E-state index in [4.69, 9.17) is 0 Å². The minimum absolute atomic E-state index is 0.920. The van der Waals surface area contributed by atoms with E-state index in [-0.39, 0.29) is 0 Å². The van der Waals surface area contributed by atoms with Crippen molar-refractivity contribution in [3.8, 4) is 10.6 Å². The Hall–Kier alpha value is -1.26. The van der Waals surface area contributed by atoms with Gasteiger partial charge in [-0.3, -0.25) is 4.98 Å². The Labute approximate surface area is 112 Å². The molecule has 3 nitrogen and oxygen atoms in total. The summed E-state index contributed by atoms with van der Waals surface area (Å²) in [5, 5.41) is 4.53. The lowest BCUT2D eigenvalue weighted by atomic mass is 10.3. The largest absolute Gasteiger partial charge is 0.312 e. The van der Waals surface area contributed by atoms with Crippen molar-refractivity contribution in [2.24, 2.45) is 0 Å². The van der Waals surface area contributed by atoms with E-state index in [0.717, 1.165) is 29.4 Å². The maximum atomic E-state index is 4.62. The van der Waals surface area contributed by atoms with Crippen molar-refractivity contribution < 1.29 is 0 Å². The first-order chi connectivity index (χ1) is 8.81. The second kappa shape index (κ2) is 6.61. The summed E-state index contributed by atoms with van der Waals surface area (Å²) in [7, 11) is 0. The zero-order valence-electron chi connectivity index (χ0n) is 10.9. The fourth-order valence-corrected chi connectivity index (χ4v) is 2.73. The summed E-state index contributed by atoms with van der Waals surface area (Å²) in [6.45, 7) is 6.28. The van der Waals surface area contributed by atoms with Crippen molar-refractivity contribution in [1.29, 1.82) is 0 Å². The van der Waals surface area contributed by atoms with Crippen LogP contribution in [0.2, 0.25) is 0 Å². The van der Waals surface area contributed by atoms with Crippen molar-refractivity contribution >= 4 is 11.3 Å². The molecule has 2 aromatic rings. The average molecular weight is 261 g/mol. The van der Waals surface area contributed by atoms with E-state index < -0.39 is 0 Å². The third-order valence-corrected chi connectivity index (χ3v) is 4.00. The zero-order chi connectivity index (χ0) is 12.8. The predicted octanol–water partition coefficient (Wildman–Crippen LogP) is 3.40. The lowest BCUT2D eigenvalue weighted by Gasteiger charge is -2.01. The van der Waals surface area contributed by atoms with E-state index in [1.165, 1.54) is 17.7 Å². The molecule has 0 fully saturated rings. The second-order valence-corrected chi connectivity index (χ2v) is 5.38. The SMILES string of the molecule is CCCCNCc1sc(-c2cccnc2)nc1C. The summed E-state index contributed by atoms with van der Waals surface area (Å²) < 4.78 is 0. The molecule has 18 heavy (non-hydrogen) atoms. The van der Waals surface area contributed by atoms with E-state index >= 15 is 0 Å². The van der Waals surface area contributed by atoms with Gasteiger partial charge in [-0.05, 0) is 32.0 Å². The van der Waals surface area contributed by atoms with Gasteiger partial charge in [-0.1, -0.05) is 13.3 Å². The molecule has 2 aromatic heterocycles. The standard InChI is InChI=1S/C14H19N3S/c1-3-4-7-16-10-13-11(2)17-14(18-13)12-6-5-8-15-9-12/h5-6,8-9,16H,3-4,7,10H2,1-2H3. The molecule has 0 aliphatic heterocycles. The van der Waals surface area contributed by atoms with Crippen LogP contribution < -0.4 is 5.32 Å². The van der Waals surface area contributed by atoms with E-state index in [0.29, 0.717) is 0 Å². The van der Waals surface area contributed by atoms with Gasteiger partial charge in [0.15, 0.2) is 0 Å².